The van der Waals surface area contributed by atoms with E-state index in [4.69, 9.17) is 0 Å². The maximum Gasteiger partial charge on any atom is 0.254 e. The summed E-state index contributed by atoms with van der Waals surface area (Å²) in [5, 5.41) is 7.22. The number of nitrogens with one attached hydrogen (secondary N) is 1. The highest BCUT2D eigenvalue weighted by atomic mass is 19.1. The lowest BCUT2D eigenvalue weighted by molar-refractivity contribution is 0.630. The van der Waals surface area contributed by atoms with E-state index in [9.17, 15) is 4.39 Å². The number of benzene rings is 1. The lowest BCUT2D eigenvalue weighted by atomic mass is 10.1. The second kappa shape index (κ2) is 5.41. The van der Waals surface area contributed by atoms with Crippen LogP contribution in [0.3, 0.4) is 0 Å². The lowest BCUT2D eigenvalue weighted by Crippen LogP contribution is -2.04. The van der Waals surface area contributed by atoms with Crippen molar-refractivity contribution in [2.75, 3.05) is 5.32 Å². The summed E-state index contributed by atoms with van der Waals surface area (Å²) in [5.74, 6) is 1.17. The number of rotatable bonds is 3. The van der Waals surface area contributed by atoms with Gasteiger partial charge in [0.25, 0.3) is 5.78 Å². The molecule has 0 aliphatic rings. The molecule has 0 bridgehead atoms. The van der Waals surface area contributed by atoms with Crippen LogP contribution in [-0.2, 0) is 0 Å². The zero-order valence-corrected chi connectivity index (χ0v) is 11.8. The Balaban J connectivity index is 1.87. The molecule has 0 aliphatic heterocycles. The molecular weight excluding hydrogens is 297 g/mol. The van der Waals surface area contributed by atoms with Crippen LogP contribution in [0.15, 0.2) is 55.2 Å². The van der Waals surface area contributed by atoms with Crippen molar-refractivity contribution in [2.24, 2.45) is 0 Å². The van der Waals surface area contributed by atoms with E-state index in [1.807, 2.05) is 0 Å². The van der Waals surface area contributed by atoms with Gasteiger partial charge in [-0.1, -0.05) is 12.1 Å². The Morgan fingerprint density at radius 3 is 2.78 bits per heavy atom. The zero-order chi connectivity index (χ0) is 15.6. The molecule has 0 amide bonds. The van der Waals surface area contributed by atoms with Gasteiger partial charge in [-0.2, -0.15) is 14.6 Å². The molecule has 0 spiro atoms. The Hall–Kier alpha value is -3.42. The maximum absolute atomic E-state index is 14.0. The molecule has 1 N–H and O–H groups in total. The van der Waals surface area contributed by atoms with Gasteiger partial charge in [0.1, 0.15) is 30.1 Å². The second-order valence-corrected chi connectivity index (χ2v) is 4.70. The van der Waals surface area contributed by atoms with E-state index in [1.165, 1.54) is 23.2 Å². The summed E-state index contributed by atoms with van der Waals surface area (Å²) in [7, 11) is 0. The number of hydrogen-bond donors (Lipinski definition) is 1. The van der Waals surface area contributed by atoms with Crippen LogP contribution < -0.4 is 5.32 Å². The van der Waals surface area contributed by atoms with Gasteiger partial charge in [0.15, 0.2) is 0 Å². The van der Waals surface area contributed by atoms with Crippen molar-refractivity contribution in [1.29, 1.82) is 0 Å². The summed E-state index contributed by atoms with van der Waals surface area (Å²) in [6.07, 6.45) is 4.44. The van der Waals surface area contributed by atoms with E-state index < -0.39 is 0 Å². The van der Waals surface area contributed by atoms with E-state index in [1.54, 1.807) is 36.5 Å². The van der Waals surface area contributed by atoms with Gasteiger partial charge in [-0.25, -0.2) is 19.3 Å². The topological polar surface area (TPSA) is 80.9 Å². The molecule has 0 unspecified atom stereocenters. The molecule has 4 aromatic rings. The van der Waals surface area contributed by atoms with E-state index in [0.29, 0.717) is 28.7 Å². The van der Waals surface area contributed by atoms with Gasteiger partial charge in [-0.05, 0) is 18.2 Å². The Morgan fingerprint density at radius 1 is 1.04 bits per heavy atom. The van der Waals surface area contributed by atoms with E-state index >= 15 is 0 Å². The highest BCUT2D eigenvalue weighted by Gasteiger charge is 2.12. The molecule has 23 heavy (non-hydrogen) atoms. The van der Waals surface area contributed by atoms with Crippen molar-refractivity contribution < 1.29 is 4.39 Å². The van der Waals surface area contributed by atoms with Crippen LogP contribution in [0.2, 0.25) is 0 Å². The highest BCUT2D eigenvalue weighted by molar-refractivity contribution is 5.67. The average molecular weight is 307 g/mol. The van der Waals surface area contributed by atoms with Crippen LogP contribution in [0, 0.1) is 5.82 Å². The molecule has 1 aromatic carbocycles. The largest absolute Gasteiger partial charge is 0.325 e. The summed E-state index contributed by atoms with van der Waals surface area (Å²) in [6, 6.07) is 9.86. The third kappa shape index (κ3) is 2.46. The Morgan fingerprint density at radius 2 is 1.96 bits per heavy atom. The number of fused-ring (bicyclic) bond motifs is 1. The quantitative estimate of drug-likeness (QED) is 0.626. The fraction of sp³-hybridized carbons (Fsp3) is 0. The molecular formula is C15H10FN7. The smallest absolute Gasteiger partial charge is 0.254 e. The standard InChI is InChI=1S/C15H10FN7/c16-11-4-2-1-3-10(11)12-7-14(22-13-5-6-17-8-18-13)23-15(21-12)19-9-20-23/h1-9H,(H,17,18,22). The van der Waals surface area contributed by atoms with Crippen molar-refractivity contribution in [3.63, 3.8) is 0 Å². The van der Waals surface area contributed by atoms with Crippen LogP contribution in [0.25, 0.3) is 17.0 Å². The number of hydrogen-bond acceptors (Lipinski definition) is 6. The monoisotopic (exact) mass is 307 g/mol. The first kappa shape index (κ1) is 13.3. The number of aromatic nitrogens is 6. The first-order valence-corrected chi connectivity index (χ1v) is 6.80. The Labute approximate surface area is 129 Å². The van der Waals surface area contributed by atoms with Gasteiger partial charge in [-0.15, -0.1) is 0 Å². The summed E-state index contributed by atoms with van der Waals surface area (Å²) in [4.78, 5) is 16.4. The van der Waals surface area contributed by atoms with Crippen molar-refractivity contribution in [2.45, 2.75) is 0 Å². The van der Waals surface area contributed by atoms with Gasteiger partial charge in [0, 0.05) is 17.8 Å². The molecule has 0 saturated heterocycles. The first-order chi connectivity index (χ1) is 11.3. The van der Waals surface area contributed by atoms with E-state index in [0.717, 1.165) is 0 Å². The predicted molar refractivity (Wildman–Crippen MR) is 81.5 cm³/mol. The van der Waals surface area contributed by atoms with Crippen LogP contribution >= 0.6 is 0 Å². The van der Waals surface area contributed by atoms with Crippen molar-refractivity contribution >= 4 is 17.4 Å². The van der Waals surface area contributed by atoms with Gasteiger partial charge < -0.3 is 5.32 Å². The zero-order valence-electron chi connectivity index (χ0n) is 11.8. The Bertz CT molecular complexity index is 968. The molecule has 0 radical (unpaired) electrons. The van der Waals surface area contributed by atoms with Crippen LogP contribution in [0.1, 0.15) is 0 Å². The van der Waals surface area contributed by atoms with Gasteiger partial charge >= 0.3 is 0 Å². The molecule has 0 fully saturated rings. The summed E-state index contributed by atoms with van der Waals surface area (Å²) in [6.45, 7) is 0. The number of nitrogens with zero attached hydrogens (tertiary/aromatic N) is 6. The van der Waals surface area contributed by atoms with Gasteiger partial charge in [0.05, 0.1) is 5.69 Å². The van der Waals surface area contributed by atoms with E-state index in [-0.39, 0.29) is 5.82 Å². The summed E-state index contributed by atoms with van der Waals surface area (Å²) >= 11 is 0. The highest BCUT2D eigenvalue weighted by Crippen LogP contribution is 2.25. The molecule has 3 heterocycles. The predicted octanol–water partition coefficient (Wildman–Crippen LogP) is 2.46. The SMILES string of the molecule is Fc1ccccc1-c1cc(Nc2ccncn2)n2ncnc2n1. The fourth-order valence-corrected chi connectivity index (χ4v) is 2.20. The van der Waals surface area contributed by atoms with Crippen molar-refractivity contribution in [3.05, 3.63) is 61.1 Å². The fourth-order valence-electron chi connectivity index (χ4n) is 2.20. The molecule has 0 saturated carbocycles. The number of halogens is 1. The lowest BCUT2D eigenvalue weighted by Gasteiger charge is -2.09. The molecule has 0 aliphatic carbocycles. The van der Waals surface area contributed by atoms with Crippen LogP contribution in [-0.4, -0.2) is 29.5 Å². The van der Waals surface area contributed by atoms with Crippen LogP contribution in [0.5, 0.6) is 0 Å². The molecule has 3 aromatic heterocycles. The summed E-state index contributed by atoms with van der Waals surface area (Å²) in [5.41, 5.74) is 0.851. The maximum atomic E-state index is 14.0. The molecule has 112 valence electrons. The Kier molecular flexibility index (Phi) is 3.12. The van der Waals surface area contributed by atoms with Gasteiger partial charge in [-0.3, -0.25) is 0 Å². The minimum atomic E-state index is -0.350. The summed E-state index contributed by atoms with van der Waals surface area (Å²) < 4.78 is 15.6. The minimum absolute atomic E-state index is 0.350. The third-order valence-corrected chi connectivity index (χ3v) is 3.24. The van der Waals surface area contributed by atoms with E-state index in [2.05, 4.69) is 30.4 Å². The second-order valence-electron chi connectivity index (χ2n) is 4.70. The number of anilines is 2. The third-order valence-electron chi connectivity index (χ3n) is 3.24. The molecule has 0 atom stereocenters. The first-order valence-electron chi connectivity index (χ1n) is 6.80. The normalized spacial score (nSPS) is 10.8. The molecule has 8 heteroatoms. The van der Waals surface area contributed by atoms with Crippen LogP contribution in [0.4, 0.5) is 16.0 Å². The van der Waals surface area contributed by atoms with Crippen molar-refractivity contribution in [3.8, 4) is 11.3 Å². The molecule has 7 nitrogen and oxygen atoms in total. The minimum Gasteiger partial charge on any atom is -0.325 e. The van der Waals surface area contributed by atoms with Crippen molar-refractivity contribution in [1.82, 2.24) is 29.5 Å². The van der Waals surface area contributed by atoms with Gasteiger partial charge in [0.2, 0.25) is 0 Å². The average Bonchev–Trinajstić information content (AvgIpc) is 3.05. The molecule has 4 rings (SSSR count).